The molecule has 0 saturated heterocycles. The average Bonchev–Trinajstić information content (AvgIpc) is 2.38. The summed E-state index contributed by atoms with van der Waals surface area (Å²) >= 11 is 1.84. The third-order valence-corrected chi connectivity index (χ3v) is 3.28. The molecule has 0 aliphatic carbocycles. The van der Waals surface area contributed by atoms with Crippen molar-refractivity contribution < 1.29 is 0 Å². The van der Waals surface area contributed by atoms with E-state index >= 15 is 0 Å². The summed E-state index contributed by atoms with van der Waals surface area (Å²) in [5, 5.41) is 3.42. The molecule has 0 amide bonds. The van der Waals surface area contributed by atoms with Gasteiger partial charge in [-0.3, -0.25) is 4.98 Å². The number of pyridine rings is 1. The van der Waals surface area contributed by atoms with E-state index in [0.717, 1.165) is 23.5 Å². The Balaban J connectivity index is 2.18. The normalized spacial score (nSPS) is 12.6. The van der Waals surface area contributed by atoms with E-state index in [1.165, 1.54) is 0 Å². The van der Waals surface area contributed by atoms with Gasteiger partial charge in [-0.2, -0.15) is 11.8 Å². The number of nitrogens with one attached hydrogen (secondary N) is 1. The maximum Gasteiger partial charge on any atom is 0.180 e. The van der Waals surface area contributed by atoms with Crippen molar-refractivity contribution in [1.29, 1.82) is 0 Å². The van der Waals surface area contributed by atoms with Crippen molar-refractivity contribution in [2.24, 2.45) is 0 Å². The zero-order valence-electron chi connectivity index (χ0n) is 10.1. The van der Waals surface area contributed by atoms with E-state index in [4.69, 9.17) is 0 Å². The molecule has 90 valence electrons. The third kappa shape index (κ3) is 3.06. The minimum absolute atomic E-state index is 0.451. The van der Waals surface area contributed by atoms with Gasteiger partial charge in [-0.25, -0.2) is 9.97 Å². The molecule has 2 heterocycles. The standard InChI is InChI=1S/C12H16N4S/c1-3-9(8-17-2)15-11-5-4-10-12(16-11)14-7-6-13-10/h4-7,9H,3,8H2,1-2H3,(H,14,15,16). The lowest BCUT2D eigenvalue weighted by Crippen LogP contribution is -2.21. The highest BCUT2D eigenvalue weighted by atomic mass is 32.2. The van der Waals surface area contributed by atoms with Crippen LogP contribution in [0, 0.1) is 0 Å². The number of fused-ring (bicyclic) bond motifs is 1. The van der Waals surface area contributed by atoms with Crippen LogP contribution in [0.3, 0.4) is 0 Å². The van der Waals surface area contributed by atoms with Crippen LogP contribution in [0.4, 0.5) is 5.82 Å². The summed E-state index contributed by atoms with van der Waals surface area (Å²) in [7, 11) is 0. The fraction of sp³-hybridized carbons (Fsp3) is 0.417. The minimum Gasteiger partial charge on any atom is -0.366 e. The van der Waals surface area contributed by atoms with Crippen molar-refractivity contribution in [3.63, 3.8) is 0 Å². The lowest BCUT2D eigenvalue weighted by Gasteiger charge is -2.16. The summed E-state index contributed by atoms with van der Waals surface area (Å²) in [5.41, 5.74) is 1.52. The summed E-state index contributed by atoms with van der Waals surface area (Å²) < 4.78 is 0. The van der Waals surface area contributed by atoms with Gasteiger partial charge in [0.15, 0.2) is 5.65 Å². The Hall–Kier alpha value is -1.36. The van der Waals surface area contributed by atoms with E-state index < -0.39 is 0 Å². The Kier molecular flexibility index (Phi) is 4.14. The SMILES string of the molecule is CCC(CSC)Nc1ccc2nccnc2n1. The number of hydrogen-bond donors (Lipinski definition) is 1. The number of aromatic nitrogens is 3. The number of hydrogen-bond acceptors (Lipinski definition) is 5. The third-order valence-electron chi connectivity index (χ3n) is 2.54. The molecule has 0 aliphatic heterocycles. The van der Waals surface area contributed by atoms with Crippen molar-refractivity contribution in [3.05, 3.63) is 24.5 Å². The van der Waals surface area contributed by atoms with Crippen LogP contribution < -0.4 is 5.32 Å². The Morgan fingerprint density at radius 3 is 2.88 bits per heavy atom. The molecule has 0 saturated carbocycles. The second kappa shape index (κ2) is 5.82. The van der Waals surface area contributed by atoms with Gasteiger partial charge >= 0.3 is 0 Å². The second-order valence-electron chi connectivity index (χ2n) is 3.80. The topological polar surface area (TPSA) is 50.7 Å². The van der Waals surface area contributed by atoms with Crippen molar-refractivity contribution in [3.8, 4) is 0 Å². The molecule has 17 heavy (non-hydrogen) atoms. The van der Waals surface area contributed by atoms with Gasteiger partial charge in [-0.15, -0.1) is 0 Å². The summed E-state index contributed by atoms with van der Waals surface area (Å²) in [6, 6.07) is 4.36. The molecule has 0 radical (unpaired) electrons. The maximum absolute atomic E-state index is 4.45. The molecule has 2 aromatic heterocycles. The van der Waals surface area contributed by atoms with Crippen LogP contribution in [-0.4, -0.2) is 33.0 Å². The molecule has 1 atom stereocenters. The van der Waals surface area contributed by atoms with E-state index in [0.29, 0.717) is 11.7 Å². The number of nitrogens with zero attached hydrogens (tertiary/aromatic N) is 3. The van der Waals surface area contributed by atoms with Gasteiger partial charge in [-0.1, -0.05) is 6.92 Å². The molecule has 2 rings (SSSR count). The molecular weight excluding hydrogens is 232 g/mol. The molecule has 0 aromatic carbocycles. The van der Waals surface area contributed by atoms with E-state index in [9.17, 15) is 0 Å². The monoisotopic (exact) mass is 248 g/mol. The van der Waals surface area contributed by atoms with Crippen molar-refractivity contribution in [1.82, 2.24) is 15.0 Å². The zero-order valence-corrected chi connectivity index (χ0v) is 10.9. The van der Waals surface area contributed by atoms with Gasteiger partial charge in [0, 0.05) is 24.2 Å². The maximum atomic E-state index is 4.45. The first kappa shape index (κ1) is 12.1. The van der Waals surface area contributed by atoms with Crippen LogP contribution in [0.5, 0.6) is 0 Å². The van der Waals surface area contributed by atoms with Gasteiger partial charge < -0.3 is 5.32 Å². The molecule has 1 N–H and O–H groups in total. The van der Waals surface area contributed by atoms with Gasteiger partial charge in [0.25, 0.3) is 0 Å². The Morgan fingerprint density at radius 2 is 2.12 bits per heavy atom. The lowest BCUT2D eigenvalue weighted by molar-refractivity contribution is 0.770. The highest BCUT2D eigenvalue weighted by Gasteiger charge is 2.06. The average molecular weight is 248 g/mol. The van der Waals surface area contributed by atoms with Crippen molar-refractivity contribution in [2.75, 3.05) is 17.3 Å². The first-order chi connectivity index (χ1) is 8.33. The molecular formula is C12H16N4S. The quantitative estimate of drug-likeness (QED) is 0.881. The summed E-state index contributed by atoms with van der Waals surface area (Å²) in [6.07, 6.45) is 6.54. The highest BCUT2D eigenvalue weighted by Crippen LogP contribution is 2.13. The number of rotatable bonds is 5. The van der Waals surface area contributed by atoms with Crippen LogP contribution in [0.15, 0.2) is 24.5 Å². The first-order valence-corrected chi connectivity index (χ1v) is 7.06. The Labute approximate surface area is 105 Å². The molecule has 0 bridgehead atoms. The largest absolute Gasteiger partial charge is 0.366 e. The van der Waals surface area contributed by atoms with Gasteiger partial charge in [0.05, 0.1) is 0 Å². The number of thioether (sulfide) groups is 1. The minimum atomic E-state index is 0.451. The molecule has 2 aromatic rings. The fourth-order valence-electron chi connectivity index (χ4n) is 1.61. The second-order valence-corrected chi connectivity index (χ2v) is 4.71. The van der Waals surface area contributed by atoms with Crippen LogP contribution in [-0.2, 0) is 0 Å². The number of anilines is 1. The molecule has 0 spiro atoms. The molecule has 4 nitrogen and oxygen atoms in total. The molecule has 1 unspecified atom stereocenters. The Bertz CT molecular complexity index is 489. The lowest BCUT2D eigenvalue weighted by atomic mass is 10.2. The van der Waals surface area contributed by atoms with Crippen LogP contribution in [0.1, 0.15) is 13.3 Å². The van der Waals surface area contributed by atoms with Crippen molar-refractivity contribution >= 4 is 28.7 Å². The smallest absolute Gasteiger partial charge is 0.180 e. The van der Waals surface area contributed by atoms with E-state index in [-0.39, 0.29) is 0 Å². The fourth-order valence-corrected chi connectivity index (χ4v) is 2.33. The molecule has 0 fully saturated rings. The summed E-state index contributed by atoms with van der Waals surface area (Å²) in [5.74, 6) is 1.95. The molecule has 0 aliphatic rings. The van der Waals surface area contributed by atoms with Gasteiger partial charge in [0.2, 0.25) is 0 Å². The van der Waals surface area contributed by atoms with Crippen LogP contribution in [0.25, 0.3) is 11.2 Å². The highest BCUT2D eigenvalue weighted by molar-refractivity contribution is 7.98. The Morgan fingerprint density at radius 1 is 1.29 bits per heavy atom. The predicted molar refractivity (Wildman–Crippen MR) is 73.4 cm³/mol. The summed E-state index contributed by atoms with van der Waals surface area (Å²) in [4.78, 5) is 12.9. The first-order valence-electron chi connectivity index (χ1n) is 5.66. The van der Waals surface area contributed by atoms with E-state index in [1.807, 2.05) is 23.9 Å². The predicted octanol–water partition coefficient (Wildman–Crippen LogP) is 2.58. The van der Waals surface area contributed by atoms with Crippen molar-refractivity contribution in [2.45, 2.75) is 19.4 Å². The molecule has 5 heteroatoms. The zero-order chi connectivity index (χ0) is 12.1. The van der Waals surface area contributed by atoms with Crippen LogP contribution >= 0.6 is 11.8 Å². The van der Waals surface area contributed by atoms with E-state index in [2.05, 4.69) is 33.4 Å². The van der Waals surface area contributed by atoms with Crippen LogP contribution in [0.2, 0.25) is 0 Å². The van der Waals surface area contributed by atoms with Gasteiger partial charge in [0.1, 0.15) is 11.3 Å². The van der Waals surface area contributed by atoms with Gasteiger partial charge in [-0.05, 0) is 24.8 Å². The summed E-state index contributed by atoms with van der Waals surface area (Å²) in [6.45, 7) is 2.18. The van der Waals surface area contributed by atoms with E-state index in [1.54, 1.807) is 12.4 Å².